The van der Waals surface area contributed by atoms with Gasteiger partial charge < -0.3 is 14.2 Å². The van der Waals surface area contributed by atoms with Crippen molar-refractivity contribution in [3.05, 3.63) is 55.8 Å². The standard InChI is InChI=1S/C24H25NO6S/c1-6-30-23(27)21-15(4)22(24(28)31-7-2)32-20(21)12-18(26)17(13-25)10-16-9-8-14(3)19(11-16)29-5/h8-11H,6-7,12H2,1-5H3/b17-10+. The van der Waals surface area contributed by atoms with E-state index in [9.17, 15) is 19.6 Å². The predicted molar refractivity (Wildman–Crippen MR) is 121 cm³/mol. The summed E-state index contributed by atoms with van der Waals surface area (Å²) >= 11 is 1.01. The molecular formula is C24H25NO6S. The number of hydrogen-bond donors (Lipinski definition) is 0. The summed E-state index contributed by atoms with van der Waals surface area (Å²) in [7, 11) is 1.54. The van der Waals surface area contributed by atoms with Crippen LogP contribution >= 0.6 is 11.3 Å². The maximum absolute atomic E-state index is 12.9. The number of thiophene rings is 1. The van der Waals surface area contributed by atoms with Crippen molar-refractivity contribution in [3.63, 3.8) is 0 Å². The van der Waals surface area contributed by atoms with Crippen molar-refractivity contribution in [3.8, 4) is 11.8 Å². The SMILES string of the molecule is CCOC(=O)c1sc(CC(=O)/C(C#N)=C/c2ccc(C)c(OC)c2)c(C(=O)OCC)c1C. The van der Waals surface area contributed by atoms with Gasteiger partial charge in [0, 0.05) is 11.3 Å². The third kappa shape index (κ3) is 5.62. The predicted octanol–water partition coefficient (Wildman–Crippen LogP) is 4.45. The van der Waals surface area contributed by atoms with Gasteiger partial charge in [-0.2, -0.15) is 5.26 Å². The van der Waals surface area contributed by atoms with Gasteiger partial charge in [-0.1, -0.05) is 12.1 Å². The normalized spacial score (nSPS) is 10.9. The van der Waals surface area contributed by atoms with Gasteiger partial charge >= 0.3 is 11.9 Å². The van der Waals surface area contributed by atoms with Crippen LogP contribution in [0, 0.1) is 25.2 Å². The maximum atomic E-state index is 12.9. The molecule has 32 heavy (non-hydrogen) atoms. The van der Waals surface area contributed by atoms with Crippen LogP contribution in [0.15, 0.2) is 23.8 Å². The number of allylic oxidation sites excluding steroid dienone is 1. The third-order valence-corrected chi connectivity index (χ3v) is 5.92. The Morgan fingerprint density at radius 1 is 1.09 bits per heavy atom. The number of ketones is 1. The molecule has 168 valence electrons. The number of aryl methyl sites for hydroxylation is 1. The number of methoxy groups -OCH3 is 1. The van der Waals surface area contributed by atoms with Gasteiger partial charge in [0.05, 0.1) is 31.5 Å². The topological polar surface area (TPSA) is 103 Å². The average Bonchev–Trinajstić information content (AvgIpc) is 3.09. The van der Waals surface area contributed by atoms with Crippen LogP contribution < -0.4 is 4.74 Å². The van der Waals surface area contributed by atoms with Crippen molar-refractivity contribution in [1.82, 2.24) is 0 Å². The van der Waals surface area contributed by atoms with E-state index in [1.807, 2.05) is 19.1 Å². The molecule has 0 fully saturated rings. The molecule has 0 saturated heterocycles. The van der Waals surface area contributed by atoms with Crippen molar-refractivity contribution in [2.75, 3.05) is 20.3 Å². The molecule has 1 heterocycles. The molecule has 0 amide bonds. The number of nitrogens with zero attached hydrogens (tertiary/aromatic N) is 1. The summed E-state index contributed by atoms with van der Waals surface area (Å²) in [6.45, 7) is 7.18. The molecule has 8 heteroatoms. The summed E-state index contributed by atoms with van der Waals surface area (Å²) in [5.74, 6) is -1.03. The second-order valence-electron chi connectivity index (χ2n) is 6.79. The molecule has 0 atom stereocenters. The molecular weight excluding hydrogens is 430 g/mol. The summed E-state index contributed by atoms with van der Waals surface area (Å²) in [4.78, 5) is 38.3. The molecule has 0 aliphatic rings. The van der Waals surface area contributed by atoms with Crippen LogP contribution in [-0.4, -0.2) is 38.0 Å². The first-order valence-electron chi connectivity index (χ1n) is 10.0. The molecule has 0 aliphatic carbocycles. The number of ether oxygens (including phenoxy) is 3. The lowest BCUT2D eigenvalue weighted by atomic mass is 10.0. The Morgan fingerprint density at radius 2 is 1.75 bits per heavy atom. The first-order valence-corrected chi connectivity index (χ1v) is 10.8. The Labute approximate surface area is 191 Å². The number of carbonyl (C=O) groups is 3. The van der Waals surface area contributed by atoms with Crippen LogP contribution in [0.5, 0.6) is 5.75 Å². The fraction of sp³-hybridized carbons (Fsp3) is 0.333. The lowest BCUT2D eigenvalue weighted by Gasteiger charge is -2.06. The molecule has 0 aliphatic heterocycles. The van der Waals surface area contributed by atoms with E-state index in [1.165, 1.54) is 6.08 Å². The van der Waals surface area contributed by atoms with E-state index in [0.717, 1.165) is 16.9 Å². The summed E-state index contributed by atoms with van der Waals surface area (Å²) < 4.78 is 15.5. The van der Waals surface area contributed by atoms with Gasteiger partial charge in [0.2, 0.25) is 0 Å². The highest BCUT2D eigenvalue weighted by Crippen LogP contribution is 2.31. The molecule has 0 unspecified atom stereocenters. The first kappa shape index (κ1) is 24.8. The zero-order valence-corrected chi connectivity index (χ0v) is 19.6. The third-order valence-electron chi connectivity index (χ3n) is 4.65. The van der Waals surface area contributed by atoms with Crippen molar-refractivity contribution >= 4 is 35.1 Å². The van der Waals surface area contributed by atoms with E-state index in [2.05, 4.69) is 0 Å². The monoisotopic (exact) mass is 455 g/mol. The molecule has 0 N–H and O–H groups in total. The number of hydrogen-bond acceptors (Lipinski definition) is 8. The Hall–Kier alpha value is -3.44. The molecule has 2 rings (SSSR count). The van der Waals surface area contributed by atoms with Crippen LogP contribution in [0.4, 0.5) is 0 Å². The van der Waals surface area contributed by atoms with Crippen molar-refractivity contribution < 1.29 is 28.6 Å². The summed E-state index contributed by atoms with van der Waals surface area (Å²) in [5.41, 5.74) is 2.06. The number of rotatable bonds is 9. The van der Waals surface area contributed by atoms with Gasteiger partial charge in [-0.15, -0.1) is 11.3 Å². The lowest BCUT2D eigenvalue weighted by molar-refractivity contribution is -0.114. The summed E-state index contributed by atoms with van der Waals surface area (Å²) in [6.07, 6.45) is 1.25. The molecule has 0 saturated carbocycles. The number of carbonyl (C=O) groups excluding carboxylic acids is 3. The molecule has 2 aromatic rings. The first-order chi connectivity index (χ1) is 15.3. The van der Waals surface area contributed by atoms with Crippen LogP contribution in [0.2, 0.25) is 0 Å². The highest BCUT2D eigenvalue weighted by atomic mass is 32.1. The highest BCUT2D eigenvalue weighted by molar-refractivity contribution is 7.14. The van der Waals surface area contributed by atoms with E-state index >= 15 is 0 Å². The minimum absolute atomic E-state index is 0.0746. The van der Waals surface area contributed by atoms with Crippen LogP contribution in [-0.2, 0) is 20.7 Å². The Balaban J connectivity index is 2.43. The Bertz CT molecular complexity index is 1110. The van der Waals surface area contributed by atoms with Crippen LogP contribution in [0.3, 0.4) is 0 Å². The van der Waals surface area contributed by atoms with Crippen molar-refractivity contribution in [1.29, 1.82) is 5.26 Å². The zero-order chi connectivity index (χ0) is 23.8. The minimum atomic E-state index is -0.620. The van der Waals surface area contributed by atoms with Gasteiger partial charge in [0.25, 0.3) is 0 Å². The average molecular weight is 456 g/mol. The van der Waals surface area contributed by atoms with E-state index in [0.29, 0.717) is 21.8 Å². The molecule has 1 aromatic heterocycles. The minimum Gasteiger partial charge on any atom is -0.496 e. The molecule has 0 radical (unpaired) electrons. The molecule has 1 aromatic carbocycles. The zero-order valence-electron chi connectivity index (χ0n) is 18.7. The largest absolute Gasteiger partial charge is 0.496 e. The van der Waals surface area contributed by atoms with Crippen molar-refractivity contribution in [2.45, 2.75) is 34.1 Å². The number of esters is 2. The number of nitriles is 1. The summed E-state index contributed by atoms with van der Waals surface area (Å²) in [5, 5.41) is 9.56. The van der Waals surface area contributed by atoms with E-state index in [-0.39, 0.29) is 35.6 Å². The van der Waals surface area contributed by atoms with Crippen molar-refractivity contribution in [2.24, 2.45) is 0 Å². The fourth-order valence-corrected chi connectivity index (χ4v) is 4.25. The maximum Gasteiger partial charge on any atom is 0.348 e. The van der Waals surface area contributed by atoms with Gasteiger partial charge in [0.1, 0.15) is 16.7 Å². The lowest BCUT2D eigenvalue weighted by Crippen LogP contribution is -2.12. The second-order valence-corrected chi connectivity index (χ2v) is 7.90. The quantitative estimate of drug-likeness (QED) is 0.313. The second kappa shape index (κ2) is 11.3. The summed E-state index contributed by atoms with van der Waals surface area (Å²) in [6, 6.07) is 7.27. The van der Waals surface area contributed by atoms with E-state index in [4.69, 9.17) is 14.2 Å². The van der Waals surface area contributed by atoms with E-state index in [1.54, 1.807) is 40.0 Å². The Morgan fingerprint density at radius 3 is 2.34 bits per heavy atom. The van der Waals surface area contributed by atoms with Gasteiger partial charge in [-0.3, -0.25) is 4.79 Å². The fourth-order valence-electron chi connectivity index (χ4n) is 3.07. The van der Waals surface area contributed by atoms with Gasteiger partial charge in [-0.05, 0) is 56.5 Å². The number of benzene rings is 1. The van der Waals surface area contributed by atoms with Gasteiger partial charge in [0.15, 0.2) is 5.78 Å². The highest BCUT2D eigenvalue weighted by Gasteiger charge is 2.28. The molecule has 7 nitrogen and oxygen atoms in total. The van der Waals surface area contributed by atoms with E-state index < -0.39 is 17.7 Å². The Kier molecular flexibility index (Phi) is 8.73. The van der Waals surface area contributed by atoms with Crippen LogP contribution in [0.25, 0.3) is 6.08 Å². The number of Topliss-reactive ketones (excluding diaryl/α,β-unsaturated/α-hetero) is 1. The van der Waals surface area contributed by atoms with Crippen LogP contribution in [0.1, 0.15) is 55.4 Å². The molecule has 0 bridgehead atoms. The van der Waals surface area contributed by atoms with Gasteiger partial charge in [-0.25, -0.2) is 9.59 Å². The molecule has 0 spiro atoms. The smallest absolute Gasteiger partial charge is 0.348 e.